The van der Waals surface area contributed by atoms with Gasteiger partial charge in [-0.15, -0.1) is 0 Å². The molecular formula is C15H21N3. The summed E-state index contributed by atoms with van der Waals surface area (Å²) in [6.07, 6.45) is 6.90. The van der Waals surface area contributed by atoms with E-state index in [0.29, 0.717) is 0 Å². The standard InChI is InChI=1S/C15H21N3/c16-15(17)12-5-7-13(8-6-12)18-10-9-11-3-1-2-4-14(11)18/h5-8,11,14H,1-4,9-10H2,(H3,16,17). The smallest absolute Gasteiger partial charge is 0.122 e. The fourth-order valence-electron chi connectivity index (χ4n) is 3.56. The van der Waals surface area contributed by atoms with Crippen molar-refractivity contribution in [2.75, 3.05) is 11.4 Å². The highest BCUT2D eigenvalue weighted by Gasteiger charge is 2.35. The molecule has 0 amide bonds. The number of amidine groups is 1. The van der Waals surface area contributed by atoms with Crippen molar-refractivity contribution >= 4 is 11.5 Å². The lowest BCUT2D eigenvalue weighted by Crippen LogP contribution is -2.34. The number of rotatable bonds is 2. The zero-order valence-electron chi connectivity index (χ0n) is 10.7. The van der Waals surface area contributed by atoms with Gasteiger partial charge in [0.2, 0.25) is 0 Å². The van der Waals surface area contributed by atoms with Gasteiger partial charge in [0.15, 0.2) is 0 Å². The molecule has 1 heterocycles. The van der Waals surface area contributed by atoms with Crippen molar-refractivity contribution in [2.24, 2.45) is 11.7 Å². The largest absolute Gasteiger partial charge is 0.384 e. The van der Waals surface area contributed by atoms with E-state index in [4.69, 9.17) is 11.1 Å². The van der Waals surface area contributed by atoms with Crippen LogP contribution in [-0.4, -0.2) is 18.4 Å². The van der Waals surface area contributed by atoms with E-state index in [1.807, 2.05) is 12.1 Å². The molecule has 3 rings (SSSR count). The first-order valence-electron chi connectivity index (χ1n) is 6.97. The minimum absolute atomic E-state index is 0.151. The highest BCUT2D eigenvalue weighted by Crippen LogP contribution is 2.38. The van der Waals surface area contributed by atoms with Gasteiger partial charge in [-0.25, -0.2) is 0 Å². The molecule has 1 aromatic rings. The van der Waals surface area contributed by atoms with Crippen LogP contribution in [0.15, 0.2) is 24.3 Å². The SMILES string of the molecule is N=C(N)c1ccc(N2CCC3CCCCC32)cc1. The van der Waals surface area contributed by atoms with Crippen LogP contribution in [0.2, 0.25) is 0 Å². The second-order valence-electron chi connectivity index (χ2n) is 5.55. The molecule has 0 bridgehead atoms. The van der Waals surface area contributed by atoms with Crippen LogP contribution in [0.5, 0.6) is 0 Å². The Hall–Kier alpha value is -1.51. The van der Waals surface area contributed by atoms with E-state index in [0.717, 1.165) is 17.5 Å². The van der Waals surface area contributed by atoms with Gasteiger partial charge in [0, 0.05) is 23.8 Å². The summed E-state index contributed by atoms with van der Waals surface area (Å²) in [4.78, 5) is 2.56. The number of nitrogens with zero attached hydrogens (tertiary/aromatic N) is 1. The minimum Gasteiger partial charge on any atom is -0.384 e. The van der Waals surface area contributed by atoms with Crippen molar-refractivity contribution in [3.63, 3.8) is 0 Å². The summed E-state index contributed by atoms with van der Waals surface area (Å²) in [5, 5.41) is 7.43. The lowest BCUT2D eigenvalue weighted by Gasteiger charge is -2.33. The Labute approximate surface area is 108 Å². The molecule has 2 unspecified atom stereocenters. The van der Waals surface area contributed by atoms with Gasteiger partial charge in [-0.1, -0.05) is 12.8 Å². The molecule has 1 aromatic carbocycles. The Bertz CT molecular complexity index is 438. The van der Waals surface area contributed by atoms with Crippen molar-refractivity contribution in [3.8, 4) is 0 Å². The number of hydrogen-bond acceptors (Lipinski definition) is 2. The second kappa shape index (κ2) is 4.63. The second-order valence-corrected chi connectivity index (χ2v) is 5.55. The van der Waals surface area contributed by atoms with E-state index in [1.165, 1.54) is 44.3 Å². The summed E-state index contributed by atoms with van der Waals surface area (Å²) in [7, 11) is 0. The van der Waals surface area contributed by atoms with Gasteiger partial charge < -0.3 is 10.6 Å². The Morgan fingerprint density at radius 1 is 1.11 bits per heavy atom. The van der Waals surface area contributed by atoms with Crippen LogP contribution in [-0.2, 0) is 0 Å². The maximum Gasteiger partial charge on any atom is 0.122 e. The summed E-state index contributed by atoms with van der Waals surface area (Å²) >= 11 is 0. The molecule has 0 radical (unpaired) electrons. The van der Waals surface area contributed by atoms with E-state index < -0.39 is 0 Å². The molecule has 0 aromatic heterocycles. The average Bonchev–Trinajstić information content (AvgIpc) is 2.82. The first-order valence-corrected chi connectivity index (χ1v) is 6.97. The number of benzene rings is 1. The lowest BCUT2D eigenvalue weighted by molar-refractivity contribution is 0.342. The summed E-state index contributed by atoms with van der Waals surface area (Å²) in [6.45, 7) is 1.19. The van der Waals surface area contributed by atoms with Gasteiger partial charge in [0.1, 0.15) is 5.84 Å². The highest BCUT2D eigenvalue weighted by atomic mass is 15.2. The van der Waals surface area contributed by atoms with Gasteiger partial charge in [-0.05, 0) is 49.4 Å². The summed E-state index contributed by atoms with van der Waals surface area (Å²) in [5.41, 5.74) is 7.61. The molecule has 3 heteroatoms. The van der Waals surface area contributed by atoms with Crippen molar-refractivity contribution in [2.45, 2.75) is 38.1 Å². The number of nitrogens with one attached hydrogen (secondary N) is 1. The molecule has 96 valence electrons. The number of anilines is 1. The lowest BCUT2D eigenvalue weighted by atomic mass is 9.85. The first kappa shape index (κ1) is 11.6. The van der Waals surface area contributed by atoms with Crippen molar-refractivity contribution in [1.29, 1.82) is 5.41 Å². The summed E-state index contributed by atoms with van der Waals surface area (Å²) in [6, 6.07) is 8.92. The minimum atomic E-state index is 0.151. The Balaban J connectivity index is 1.80. The number of nitrogen functional groups attached to an aromatic ring is 1. The summed E-state index contributed by atoms with van der Waals surface area (Å²) in [5.74, 6) is 1.06. The predicted octanol–water partition coefficient (Wildman–Crippen LogP) is 2.74. The van der Waals surface area contributed by atoms with Crippen molar-refractivity contribution < 1.29 is 0 Å². The zero-order valence-corrected chi connectivity index (χ0v) is 10.7. The molecule has 2 fully saturated rings. The topological polar surface area (TPSA) is 53.1 Å². The third-order valence-electron chi connectivity index (χ3n) is 4.52. The first-order chi connectivity index (χ1) is 8.75. The van der Waals surface area contributed by atoms with Gasteiger partial charge in [0.05, 0.1) is 0 Å². The van der Waals surface area contributed by atoms with Crippen LogP contribution in [0.4, 0.5) is 5.69 Å². The average molecular weight is 243 g/mol. The van der Waals surface area contributed by atoms with Crippen LogP contribution in [0.1, 0.15) is 37.7 Å². The normalized spacial score (nSPS) is 27.0. The predicted molar refractivity (Wildman–Crippen MR) is 75.2 cm³/mol. The Morgan fingerprint density at radius 2 is 1.83 bits per heavy atom. The van der Waals surface area contributed by atoms with Gasteiger partial charge in [0.25, 0.3) is 0 Å². The van der Waals surface area contributed by atoms with Gasteiger partial charge in [-0.3, -0.25) is 5.41 Å². The third kappa shape index (κ3) is 1.98. The molecule has 1 aliphatic carbocycles. The van der Waals surface area contributed by atoms with E-state index in [1.54, 1.807) is 0 Å². The maximum absolute atomic E-state index is 7.43. The number of nitrogens with two attached hydrogens (primary N) is 1. The monoisotopic (exact) mass is 243 g/mol. The summed E-state index contributed by atoms with van der Waals surface area (Å²) < 4.78 is 0. The maximum atomic E-state index is 7.43. The van der Waals surface area contributed by atoms with Crippen LogP contribution < -0.4 is 10.6 Å². The zero-order chi connectivity index (χ0) is 12.5. The van der Waals surface area contributed by atoms with E-state index in [9.17, 15) is 0 Å². The fourth-order valence-corrected chi connectivity index (χ4v) is 3.56. The van der Waals surface area contributed by atoms with E-state index in [-0.39, 0.29) is 5.84 Å². The molecular weight excluding hydrogens is 222 g/mol. The fraction of sp³-hybridized carbons (Fsp3) is 0.533. The highest BCUT2D eigenvalue weighted by molar-refractivity contribution is 5.95. The molecule has 1 aliphatic heterocycles. The molecule has 1 saturated heterocycles. The van der Waals surface area contributed by atoms with Crippen molar-refractivity contribution in [3.05, 3.63) is 29.8 Å². The van der Waals surface area contributed by atoms with Gasteiger partial charge >= 0.3 is 0 Å². The molecule has 18 heavy (non-hydrogen) atoms. The molecule has 1 saturated carbocycles. The molecule has 2 atom stereocenters. The van der Waals surface area contributed by atoms with E-state index >= 15 is 0 Å². The Kier molecular flexibility index (Phi) is 2.98. The van der Waals surface area contributed by atoms with Crippen LogP contribution in [0.3, 0.4) is 0 Å². The molecule has 3 nitrogen and oxygen atoms in total. The number of hydrogen-bond donors (Lipinski definition) is 2. The Morgan fingerprint density at radius 3 is 2.56 bits per heavy atom. The van der Waals surface area contributed by atoms with Gasteiger partial charge in [-0.2, -0.15) is 0 Å². The van der Waals surface area contributed by atoms with Crippen molar-refractivity contribution in [1.82, 2.24) is 0 Å². The molecule has 2 aliphatic rings. The quantitative estimate of drug-likeness (QED) is 0.620. The molecule has 0 spiro atoms. The third-order valence-corrected chi connectivity index (χ3v) is 4.52. The van der Waals surface area contributed by atoms with Crippen LogP contribution in [0.25, 0.3) is 0 Å². The van der Waals surface area contributed by atoms with Crippen LogP contribution >= 0.6 is 0 Å². The van der Waals surface area contributed by atoms with E-state index in [2.05, 4.69) is 17.0 Å². The molecule has 3 N–H and O–H groups in total. The van der Waals surface area contributed by atoms with Crippen LogP contribution in [0, 0.1) is 11.3 Å². The number of fused-ring (bicyclic) bond motifs is 1.